The molecular weight excluding hydrogens is 336 g/mol. The maximum atomic E-state index is 12.8. The summed E-state index contributed by atoms with van der Waals surface area (Å²) in [7, 11) is 0. The number of hydrogen-bond donors (Lipinski definition) is 1. The van der Waals surface area contributed by atoms with Crippen molar-refractivity contribution < 1.29 is 14.3 Å². The molecule has 25 heavy (non-hydrogen) atoms. The zero-order valence-electron chi connectivity index (χ0n) is 15.3. The van der Waals surface area contributed by atoms with Crippen LogP contribution in [0.1, 0.15) is 68.4 Å². The number of allylic oxidation sites excluding steroid dienone is 3. The third kappa shape index (κ3) is 4.78. The van der Waals surface area contributed by atoms with Crippen LogP contribution in [0.3, 0.4) is 0 Å². The number of nitrogens with zero attached hydrogens (tertiary/aromatic N) is 1. The summed E-state index contributed by atoms with van der Waals surface area (Å²) in [5.41, 5.74) is 1.24. The van der Waals surface area contributed by atoms with Crippen LogP contribution in [0, 0.1) is 5.92 Å². The monoisotopic (exact) mass is 362 g/mol. The molecule has 5 nitrogen and oxygen atoms in total. The Morgan fingerprint density at radius 1 is 1.32 bits per heavy atom. The lowest BCUT2D eigenvalue weighted by molar-refractivity contribution is -0.118. The fourth-order valence-electron chi connectivity index (χ4n) is 2.67. The molecule has 0 spiro atoms. The van der Waals surface area contributed by atoms with Gasteiger partial charge in [0.15, 0.2) is 5.69 Å². The highest BCUT2D eigenvalue weighted by molar-refractivity contribution is 7.16. The van der Waals surface area contributed by atoms with Crippen LogP contribution in [0.25, 0.3) is 0 Å². The van der Waals surface area contributed by atoms with Crippen LogP contribution in [0.4, 0.5) is 5.00 Å². The first-order valence-electron chi connectivity index (χ1n) is 8.83. The average molecular weight is 362 g/mol. The van der Waals surface area contributed by atoms with E-state index in [-0.39, 0.29) is 30.0 Å². The van der Waals surface area contributed by atoms with Crippen molar-refractivity contribution in [3.8, 4) is 0 Å². The zero-order chi connectivity index (χ0) is 18.4. The first kappa shape index (κ1) is 19.4. The molecular formula is C19H26N2O3S. The maximum absolute atomic E-state index is 12.8. The summed E-state index contributed by atoms with van der Waals surface area (Å²) in [6, 6.07) is 0. The molecule has 1 aromatic rings. The molecule has 1 unspecified atom stereocenters. The van der Waals surface area contributed by atoms with Crippen LogP contribution in [0.2, 0.25) is 0 Å². The number of thiazole rings is 1. The van der Waals surface area contributed by atoms with Gasteiger partial charge in [-0.05, 0) is 31.8 Å². The Labute approximate surface area is 153 Å². The van der Waals surface area contributed by atoms with E-state index in [1.54, 1.807) is 6.92 Å². The second-order valence-electron chi connectivity index (χ2n) is 6.24. The molecule has 0 fully saturated rings. The lowest BCUT2D eigenvalue weighted by Gasteiger charge is -2.18. The molecule has 6 heteroatoms. The molecule has 1 amide bonds. The second kappa shape index (κ2) is 8.94. The minimum Gasteiger partial charge on any atom is -0.461 e. The largest absolute Gasteiger partial charge is 0.461 e. The van der Waals surface area contributed by atoms with E-state index in [0.29, 0.717) is 11.4 Å². The smallest absolute Gasteiger partial charge is 0.360 e. The van der Waals surface area contributed by atoms with E-state index in [1.165, 1.54) is 11.3 Å². The highest BCUT2D eigenvalue weighted by Gasteiger charge is 2.26. The van der Waals surface area contributed by atoms with Gasteiger partial charge in [0.1, 0.15) is 5.00 Å². The number of rotatable bonds is 7. The van der Waals surface area contributed by atoms with Gasteiger partial charge >= 0.3 is 5.97 Å². The molecule has 0 saturated heterocycles. The molecule has 1 aliphatic rings. The molecule has 0 aromatic carbocycles. The van der Waals surface area contributed by atoms with Gasteiger partial charge in [-0.1, -0.05) is 39.0 Å². The Hall–Kier alpha value is -1.95. The fraction of sp³-hybridized carbons (Fsp3) is 0.526. The molecule has 1 aliphatic carbocycles. The third-order valence-corrected chi connectivity index (χ3v) is 5.27. The van der Waals surface area contributed by atoms with E-state index in [9.17, 15) is 9.59 Å². The molecule has 0 bridgehead atoms. The van der Waals surface area contributed by atoms with Crippen LogP contribution in [0.15, 0.2) is 23.8 Å². The predicted octanol–water partition coefficient (Wildman–Crippen LogP) is 4.68. The summed E-state index contributed by atoms with van der Waals surface area (Å²) in [5, 5.41) is 4.20. The maximum Gasteiger partial charge on any atom is 0.360 e. The topological polar surface area (TPSA) is 68.3 Å². The van der Waals surface area contributed by atoms with Gasteiger partial charge in [-0.3, -0.25) is 4.79 Å². The van der Waals surface area contributed by atoms with Crippen molar-refractivity contribution in [2.24, 2.45) is 5.92 Å². The van der Waals surface area contributed by atoms with Crippen molar-refractivity contribution in [1.82, 2.24) is 4.98 Å². The fourth-order valence-corrected chi connectivity index (χ4v) is 3.63. The van der Waals surface area contributed by atoms with Crippen molar-refractivity contribution in [1.29, 1.82) is 0 Å². The minimum absolute atomic E-state index is 0.107. The molecule has 0 saturated carbocycles. The minimum atomic E-state index is -0.495. The van der Waals surface area contributed by atoms with Gasteiger partial charge in [0.05, 0.1) is 17.5 Å². The van der Waals surface area contributed by atoms with Crippen molar-refractivity contribution in [2.45, 2.75) is 52.9 Å². The van der Waals surface area contributed by atoms with E-state index in [2.05, 4.69) is 22.5 Å². The molecule has 0 radical (unpaired) electrons. The summed E-state index contributed by atoms with van der Waals surface area (Å²) in [6.45, 7) is 8.03. The first-order valence-corrected chi connectivity index (χ1v) is 9.64. The molecule has 136 valence electrons. The van der Waals surface area contributed by atoms with E-state index in [0.717, 1.165) is 23.4 Å². The van der Waals surface area contributed by atoms with Crippen molar-refractivity contribution in [3.63, 3.8) is 0 Å². The summed E-state index contributed by atoms with van der Waals surface area (Å²) in [5.74, 6) is -0.651. The predicted molar refractivity (Wildman–Crippen MR) is 101 cm³/mol. The summed E-state index contributed by atoms with van der Waals surface area (Å²) in [4.78, 5) is 29.3. The molecule has 0 aliphatic heterocycles. The van der Waals surface area contributed by atoms with E-state index in [1.807, 2.05) is 26.8 Å². The van der Waals surface area contributed by atoms with Gasteiger partial charge < -0.3 is 10.1 Å². The number of hydrogen-bond acceptors (Lipinski definition) is 5. The van der Waals surface area contributed by atoms with Crippen LogP contribution in [0.5, 0.6) is 0 Å². The van der Waals surface area contributed by atoms with Crippen LogP contribution < -0.4 is 5.32 Å². The van der Waals surface area contributed by atoms with E-state index in [4.69, 9.17) is 4.74 Å². The summed E-state index contributed by atoms with van der Waals surface area (Å²) >= 11 is 1.34. The Morgan fingerprint density at radius 2 is 2.08 bits per heavy atom. The van der Waals surface area contributed by atoms with Gasteiger partial charge in [-0.25, -0.2) is 9.78 Å². The zero-order valence-corrected chi connectivity index (χ0v) is 16.1. The summed E-state index contributed by atoms with van der Waals surface area (Å²) < 4.78 is 5.08. The Bertz CT molecular complexity index is 689. The van der Waals surface area contributed by atoms with Gasteiger partial charge in [0.25, 0.3) is 0 Å². The quantitative estimate of drug-likeness (QED) is 0.715. The number of amides is 1. The average Bonchev–Trinajstić information content (AvgIpc) is 3.01. The molecule has 1 aromatic heterocycles. The van der Waals surface area contributed by atoms with Crippen molar-refractivity contribution in [3.05, 3.63) is 34.5 Å². The highest BCUT2D eigenvalue weighted by Crippen LogP contribution is 2.31. The molecule has 1 N–H and O–H groups in total. The van der Waals surface area contributed by atoms with E-state index < -0.39 is 5.97 Å². The molecule has 1 heterocycles. The molecule has 1 atom stereocenters. The van der Waals surface area contributed by atoms with Crippen LogP contribution >= 0.6 is 11.3 Å². The Kier molecular flexibility index (Phi) is 6.93. The molecule has 2 rings (SSSR count). The number of ether oxygens (including phenoxy) is 1. The summed E-state index contributed by atoms with van der Waals surface area (Å²) in [6.07, 6.45) is 8.91. The SMILES string of the molecule is CCOC(=O)c1nc(C(C)C)sc1NC(=O)C(CC)C1=CCCC=C1. The standard InChI is InChI=1S/C19H26N2O3S/c1-5-14(13-10-8-7-9-11-13)16(22)21-18-15(19(23)24-6-2)20-17(25-18)12(3)4/h8,10-12,14H,5-7,9H2,1-4H3,(H,21,22). The first-order chi connectivity index (χ1) is 12.0. The van der Waals surface area contributed by atoms with Crippen molar-refractivity contribution in [2.75, 3.05) is 11.9 Å². The van der Waals surface area contributed by atoms with E-state index >= 15 is 0 Å². The van der Waals surface area contributed by atoms with Crippen LogP contribution in [-0.2, 0) is 9.53 Å². The number of nitrogens with one attached hydrogen (secondary N) is 1. The van der Waals surface area contributed by atoms with Gasteiger partial charge in [-0.2, -0.15) is 0 Å². The lowest BCUT2D eigenvalue weighted by atomic mass is 9.91. The lowest BCUT2D eigenvalue weighted by Crippen LogP contribution is -2.24. The van der Waals surface area contributed by atoms with Crippen molar-refractivity contribution >= 4 is 28.2 Å². The third-order valence-electron chi connectivity index (χ3n) is 3.99. The highest BCUT2D eigenvalue weighted by atomic mass is 32.1. The Morgan fingerprint density at radius 3 is 2.64 bits per heavy atom. The van der Waals surface area contributed by atoms with Gasteiger partial charge in [0.2, 0.25) is 5.91 Å². The number of anilines is 1. The van der Waals surface area contributed by atoms with Gasteiger partial charge in [0, 0.05) is 5.92 Å². The number of esters is 1. The number of carbonyl (C=O) groups excluding carboxylic acids is 2. The number of carbonyl (C=O) groups is 2. The normalized spacial score (nSPS) is 15.0. The number of aromatic nitrogens is 1. The van der Waals surface area contributed by atoms with Gasteiger partial charge in [-0.15, -0.1) is 11.3 Å². The van der Waals surface area contributed by atoms with Crippen LogP contribution in [-0.4, -0.2) is 23.5 Å². The Balaban J connectivity index is 2.25. The second-order valence-corrected chi connectivity index (χ2v) is 7.27.